The number of amides is 1. The van der Waals surface area contributed by atoms with E-state index in [1.165, 1.54) is 0 Å². The van der Waals surface area contributed by atoms with Crippen molar-refractivity contribution in [1.82, 2.24) is 19.7 Å². The molecule has 0 radical (unpaired) electrons. The number of halogens is 1. The molecule has 3 aromatic rings. The number of carbonyl (C=O) groups excluding carboxylic acids is 1. The summed E-state index contributed by atoms with van der Waals surface area (Å²) in [5.41, 5.74) is 1.54. The van der Waals surface area contributed by atoms with Crippen molar-refractivity contribution in [3.63, 3.8) is 0 Å². The van der Waals surface area contributed by atoms with E-state index in [9.17, 15) is 4.79 Å². The second-order valence-electron chi connectivity index (χ2n) is 6.30. The molecule has 7 heteroatoms. The van der Waals surface area contributed by atoms with Crippen LogP contribution in [0.5, 0.6) is 5.75 Å². The van der Waals surface area contributed by atoms with Crippen LogP contribution in [0.1, 0.15) is 27.6 Å². The van der Waals surface area contributed by atoms with Crippen molar-refractivity contribution in [1.29, 1.82) is 0 Å². The minimum Gasteiger partial charge on any atom is -0.488 e. The summed E-state index contributed by atoms with van der Waals surface area (Å²) in [6.07, 6.45) is 0. The third-order valence-corrected chi connectivity index (χ3v) is 4.80. The van der Waals surface area contributed by atoms with Gasteiger partial charge in [-0.05, 0) is 36.8 Å². The van der Waals surface area contributed by atoms with E-state index in [1.807, 2.05) is 61.0 Å². The molecule has 0 bridgehead atoms. The number of aryl methyl sites for hydroxylation is 1. The fraction of sp³-hybridized carbons (Fsp3) is 0.250. The first-order valence-corrected chi connectivity index (χ1v) is 9.31. The van der Waals surface area contributed by atoms with Gasteiger partial charge in [0.15, 0.2) is 5.82 Å². The second kappa shape index (κ2) is 8.35. The smallest absolute Gasteiger partial charge is 0.257 e. The monoisotopic (exact) mass is 428 g/mol. The zero-order valence-corrected chi connectivity index (χ0v) is 17.1. The molecule has 1 amide bonds. The van der Waals surface area contributed by atoms with Crippen LogP contribution in [0.15, 0.2) is 53.0 Å². The van der Waals surface area contributed by atoms with Crippen LogP contribution in [0.3, 0.4) is 0 Å². The van der Waals surface area contributed by atoms with Crippen molar-refractivity contribution in [3.8, 4) is 5.75 Å². The fourth-order valence-electron chi connectivity index (χ4n) is 2.64. The predicted molar refractivity (Wildman–Crippen MR) is 106 cm³/mol. The highest BCUT2D eigenvalue weighted by molar-refractivity contribution is 9.10. The van der Waals surface area contributed by atoms with Crippen molar-refractivity contribution in [3.05, 3.63) is 75.8 Å². The molecule has 0 saturated carbocycles. The first-order valence-electron chi connectivity index (χ1n) is 8.52. The largest absolute Gasteiger partial charge is 0.488 e. The topological polar surface area (TPSA) is 60.3 Å². The second-order valence-corrected chi connectivity index (χ2v) is 7.21. The van der Waals surface area contributed by atoms with E-state index < -0.39 is 0 Å². The number of nitrogens with zero attached hydrogens (tertiary/aromatic N) is 4. The van der Waals surface area contributed by atoms with E-state index in [4.69, 9.17) is 4.74 Å². The first-order chi connectivity index (χ1) is 13.0. The number of hydrogen-bond acceptors (Lipinski definition) is 4. The van der Waals surface area contributed by atoms with Crippen LogP contribution in [-0.4, -0.2) is 32.6 Å². The van der Waals surface area contributed by atoms with Crippen LogP contribution < -0.4 is 4.74 Å². The molecule has 3 rings (SSSR count). The van der Waals surface area contributed by atoms with Gasteiger partial charge < -0.3 is 14.2 Å². The van der Waals surface area contributed by atoms with Crippen molar-refractivity contribution in [2.45, 2.75) is 20.1 Å². The summed E-state index contributed by atoms with van der Waals surface area (Å²) in [6, 6.07) is 15.2. The number of benzene rings is 2. The minimum absolute atomic E-state index is 0.125. The van der Waals surface area contributed by atoms with E-state index in [-0.39, 0.29) is 5.91 Å². The van der Waals surface area contributed by atoms with Gasteiger partial charge in [0.05, 0.1) is 12.1 Å². The Labute approximate surface area is 166 Å². The van der Waals surface area contributed by atoms with Gasteiger partial charge >= 0.3 is 0 Å². The molecule has 0 aliphatic rings. The highest BCUT2D eigenvalue weighted by atomic mass is 79.9. The summed E-state index contributed by atoms with van der Waals surface area (Å²) < 4.78 is 8.79. The molecular weight excluding hydrogens is 408 g/mol. The maximum Gasteiger partial charge on any atom is 0.257 e. The molecule has 0 N–H and O–H groups in total. The van der Waals surface area contributed by atoms with Gasteiger partial charge in [-0.25, -0.2) is 0 Å². The van der Waals surface area contributed by atoms with Crippen LogP contribution in [0, 0.1) is 6.92 Å². The Kier molecular flexibility index (Phi) is 5.91. The molecule has 1 heterocycles. The molecule has 1 aromatic heterocycles. The highest BCUT2D eigenvalue weighted by Crippen LogP contribution is 2.22. The number of aromatic nitrogens is 3. The fourth-order valence-corrected chi connectivity index (χ4v) is 3.08. The number of hydrogen-bond donors (Lipinski definition) is 0. The van der Waals surface area contributed by atoms with Gasteiger partial charge in [-0.1, -0.05) is 40.2 Å². The van der Waals surface area contributed by atoms with Gasteiger partial charge in [-0.3, -0.25) is 4.79 Å². The maximum atomic E-state index is 12.9. The maximum absolute atomic E-state index is 12.9. The Morgan fingerprint density at radius 2 is 1.96 bits per heavy atom. The van der Waals surface area contributed by atoms with Gasteiger partial charge in [0.2, 0.25) is 0 Å². The van der Waals surface area contributed by atoms with Crippen LogP contribution in [0.25, 0.3) is 0 Å². The Bertz CT molecular complexity index is 955. The molecule has 0 aliphatic heterocycles. The van der Waals surface area contributed by atoms with Gasteiger partial charge in [-0.2, -0.15) is 0 Å². The Morgan fingerprint density at radius 3 is 2.67 bits per heavy atom. The third kappa shape index (κ3) is 4.54. The van der Waals surface area contributed by atoms with Crippen LogP contribution in [0.2, 0.25) is 0 Å². The molecule has 140 valence electrons. The molecule has 2 aromatic carbocycles. The summed E-state index contributed by atoms with van der Waals surface area (Å²) in [5.74, 6) is 1.98. The van der Waals surface area contributed by atoms with Crippen molar-refractivity contribution < 1.29 is 9.53 Å². The van der Waals surface area contributed by atoms with Gasteiger partial charge in [0.25, 0.3) is 5.91 Å². The average molecular weight is 429 g/mol. The summed E-state index contributed by atoms with van der Waals surface area (Å²) in [4.78, 5) is 14.6. The lowest BCUT2D eigenvalue weighted by atomic mass is 10.1. The molecule has 0 atom stereocenters. The molecule has 0 fully saturated rings. The first kappa shape index (κ1) is 19.1. The van der Waals surface area contributed by atoms with E-state index in [2.05, 4.69) is 26.1 Å². The van der Waals surface area contributed by atoms with Crippen LogP contribution in [-0.2, 0) is 20.2 Å². The quantitative estimate of drug-likeness (QED) is 0.599. The minimum atomic E-state index is -0.125. The van der Waals surface area contributed by atoms with Gasteiger partial charge in [0.1, 0.15) is 18.2 Å². The summed E-state index contributed by atoms with van der Waals surface area (Å²) in [5, 5.41) is 8.16. The molecule has 0 spiro atoms. The molecule has 6 nitrogen and oxygen atoms in total. The summed E-state index contributed by atoms with van der Waals surface area (Å²) in [6.45, 7) is 2.63. The highest BCUT2D eigenvalue weighted by Gasteiger charge is 2.19. The third-order valence-electron chi connectivity index (χ3n) is 4.31. The van der Waals surface area contributed by atoms with Crippen molar-refractivity contribution in [2.75, 3.05) is 7.05 Å². The lowest BCUT2D eigenvalue weighted by molar-refractivity contribution is 0.0775. The average Bonchev–Trinajstić information content (AvgIpc) is 2.98. The van der Waals surface area contributed by atoms with Crippen LogP contribution in [0.4, 0.5) is 0 Å². The number of rotatable bonds is 6. The van der Waals surface area contributed by atoms with E-state index >= 15 is 0 Å². The molecule has 0 saturated heterocycles. The number of ether oxygens (including phenoxy) is 1. The Balaban J connectivity index is 1.74. The Hall–Kier alpha value is -2.67. The van der Waals surface area contributed by atoms with E-state index in [1.54, 1.807) is 18.0 Å². The molecule has 0 aliphatic carbocycles. The molecule has 27 heavy (non-hydrogen) atoms. The summed E-state index contributed by atoms with van der Waals surface area (Å²) in [7, 11) is 3.63. The SMILES string of the molecule is Cc1nnc(CN(C)C(=O)c2ccccc2OCc2cccc(Br)c2)n1C. The van der Waals surface area contributed by atoms with Crippen LogP contribution >= 0.6 is 15.9 Å². The molecule has 0 unspecified atom stereocenters. The normalized spacial score (nSPS) is 10.7. The zero-order valence-electron chi connectivity index (χ0n) is 15.5. The summed E-state index contributed by atoms with van der Waals surface area (Å²) >= 11 is 3.45. The lowest BCUT2D eigenvalue weighted by Crippen LogP contribution is -2.28. The predicted octanol–water partition coefficient (Wildman–Crippen LogP) is 3.74. The molecular formula is C20H21BrN4O2. The van der Waals surface area contributed by atoms with Gasteiger partial charge in [0, 0.05) is 18.6 Å². The number of para-hydroxylation sites is 1. The standard InChI is InChI=1S/C20H21BrN4O2/c1-14-22-23-19(25(14)3)12-24(2)20(26)17-9-4-5-10-18(17)27-13-15-7-6-8-16(21)11-15/h4-11H,12-13H2,1-3H3. The lowest BCUT2D eigenvalue weighted by Gasteiger charge is -2.19. The van der Waals surface area contributed by atoms with Crippen molar-refractivity contribution in [2.24, 2.45) is 7.05 Å². The zero-order chi connectivity index (χ0) is 19.4. The van der Waals surface area contributed by atoms with E-state index in [0.717, 1.165) is 21.7 Å². The van der Waals surface area contributed by atoms with Gasteiger partial charge in [-0.15, -0.1) is 10.2 Å². The van der Waals surface area contributed by atoms with Crippen molar-refractivity contribution >= 4 is 21.8 Å². The number of carbonyl (C=O) groups is 1. The Morgan fingerprint density at radius 1 is 1.19 bits per heavy atom. The van der Waals surface area contributed by atoms with E-state index in [0.29, 0.717) is 24.5 Å².